The van der Waals surface area contributed by atoms with Crippen LogP contribution in [0.15, 0.2) is 29.4 Å². The van der Waals surface area contributed by atoms with Gasteiger partial charge in [0.15, 0.2) is 0 Å². The summed E-state index contributed by atoms with van der Waals surface area (Å²) in [4.78, 5) is 10.9. The third kappa shape index (κ3) is 3.25. The predicted octanol–water partition coefficient (Wildman–Crippen LogP) is 2.13. The number of halogens is 1. The number of hydrazone groups is 1. The minimum atomic E-state index is -0.669. The standard InChI is InChI=1S/C10H11ClN2O2/c1-7-5-3-4-6-8(7)12-13-9(11)10(14)15-2/h3-6,12H,1-2H3. The molecule has 0 unspecified atom stereocenters. The van der Waals surface area contributed by atoms with Crippen molar-refractivity contribution < 1.29 is 9.53 Å². The average Bonchev–Trinajstić information content (AvgIpc) is 2.26. The molecule has 15 heavy (non-hydrogen) atoms. The number of ether oxygens (including phenoxy) is 1. The van der Waals surface area contributed by atoms with Gasteiger partial charge in [0.1, 0.15) is 0 Å². The van der Waals surface area contributed by atoms with Gasteiger partial charge < -0.3 is 4.74 Å². The van der Waals surface area contributed by atoms with Crippen LogP contribution in [0.2, 0.25) is 0 Å². The molecule has 1 aromatic rings. The zero-order valence-corrected chi connectivity index (χ0v) is 9.21. The maximum Gasteiger partial charge on any atom is 0.370 e. The molecule has 1 rings (SSSR count). The van der Waals surface area contributed by atoms with E-state index in [9.17, 15) is 4.79 Å². The molecule has 0 amide bonds. The quantitative estimate of drug-likeness (QED) is 0.488. The molecule has 0 atom stereocenters. The van der Waals surface area contributed by atoms with Gasteiger partial charge in [-0.05, 0) is 18.6 Å². The van der Waals surface area contributed by atoms with Crippen LogP contribution >= 0.6 is 11.6 Å². The van der Waals surface area contributed by atoms with Crippen molar-refractivity contribution in [2.75, 3.05) is 12.5 Å². The second-order valence-electron chi connectivity index (χ2n) is 2.82. The molecule has 1 N–H and O–H groups in total. The van der Waals surface area contributed by atoms with E-state index in [1.807, 2.05) is 31.2 Å². The lowest BCUT2D eigenvalue weighted by Gasteiger charge is -2.03. The highest BCUT2D eigenvalue weighted by Crippen LogP contribution is 2.12. The van der Waals surface area contributed by atoms with Gasteiger partial charge in [-0.3, -0.25) is 5.43 Å². The van der Waals surface area contributed by atoms with Crippen LogP contribution in [-0.2, 0) is 9.53 Å². The second-order valence-corrected chi connectivity index (χ2v) is 3.18. The summed E-state index contributed by atoms with van der Waals surface area (Å²) in [5.41, 5.74) is 4.48. The number of para-hydroxylation sites is 1. The van der Waals surface area contributed by atoms with Crippen LogP contribution in [0.1, 0.15) is 5.56 Å². The van der Waals surface area contributed by atoms with Gasteiger partial charge in [0, 0.05) is 0 Å². The Labute approximate surface area is 92.9 Å². The Bertz CT molecular complexity index is 391. The topological polar surface area (TPSA) is 50.7 Å². The fourth-order valence-electron chi connectivity index (χ4n) is 0.938. The Morgan fingerprint density at radius 1 is 1.47 bits per heavy atom. The van der Waals surface area contributed by atoms with Crippen molar-refractivity contribution in [1.29, 1.82) is 0 Å². The van der Waals surface area contributed by atoms with Crippen molar-refractivity contribution in [3.8, 4) is 0 Å². The zero-order chi connectivity index (χ0) is 11.3. The first-order valence-electron chi connectivity index (χ1n) is 4.28. The van der Waals surface area contributed by atoms with Gasteiger partial charge in [-0.2, -0.15) is 5.10 Å². The summed E-state index contributed by atoms with van der Waals surface area (Å²) < 4.78 is 4.39. The second kappa shape index (κ2) is 5.36. The summed E-state index contributed by atoms with van der Waals surface area (Å²) >= 11 is 5.55. The summed E-state index contributed by atoms with van der Waals surface area (Å²) in [6.45, 7) is 1.92. The molecule has 80 valence electrons. The molecule has 0 aliphatic rings. The van der Waals surface area contributed by atoms with Gasteiger partial charge in [-0.1, -0.05) is 29.8 Å². The highest BCUT2D eigenvalue weighted by Gasteiger charge is 2.07. The SMILES string of the molecule is COC(=O)C(Cl)=NNc1ccccc1C. The first kappa shape index (κ1) is 11.5. The van der Waals surface area contributed by atoms with Crippen molar-refractivity contribution >= 4 is 28.4 Å². The lowest BCUT2D eigenvalue weighted by atomic mass is 10.2. The number of carbonyl (C=O) groups excluding carboxylic acids is 1. The van der Waals surface area contributed by atoms with Crippen LogP contribution in [0.25, 0.3) is 0 Å². The van der Waals surface area contributed by atoms with Crippen LogP contribution in [0.5, 0.6) is 0 Å². The molecule has 4 nitrogen and oxygen atoms in total. The van der Waals surface area contributed by atoms with E-state index in [0.29, 0.717) is 0 Å². The lowest BCUT2D eigenvalue weighted by Crippen LogP contribution is -2.11. The fourth-order valence-corrected chi connectivity index (χ4v) is 1.06. The predicted molar refractivity (Wildman–Crippen MR) is 60.1 cm³/mol. The van der Waals surface area contributed by atoms with Crippen LogP contribution in [0, 0.1) is 6.92 Å². The highest BCUT2D eigenvalue weighted by molar-refractivity contribution is 6.82. The van der Waals surface area contributed by atoms with E-state index >= 15 is 0 Å². The molecule has 0 radical (unpaired) electrons. The molecule has 0 aromatic heterocycles. The van der Waals surface area contributed by atoms with E-state index in [2.05, 4.69) is 15.3 Å². The number of nitrogens with zero attached hydrogens (tertiary/aromatic N) is 1. The van der Waals surface area contributed by atoms with Crippen molar-refractivity contribution in [1.82, 2.24) is 0 Å². The zero-order valence-electron chi connectivity index (χ0n) is 8.45. The summed E-state index contributed by atoms with van der Waals surface area (Å²) in [7, 11) is 1.24. The minimum absolute atomic E-state index is 0.235. The largest absolute Gasteiger partial charge is 0.464 e. The number of hydrogen-bond acceptors (Lipinski definition) is 4. The maximum atomic E-state index is 10.9. The fraction of sp³-hybridized carbons (Fsp3) is 0.200. The van der Waals surface area contributed by atoms with Crippen molar-refractivity contribution in [2.24, 2.45) is 5.10 Å². The van der Waals surface area contributed by atoms with Crippen molar-refractivity contribution in [2.45, 2.75) is 6.92 Å². The number of methoxy groups -OCH3 is 1. The summed E-state index contributed by atoms with van der Waals surface area (Å²) in [6, 6.07) is 7.52. The molecular weight excluding hydrogens is 216 g/mol. The molecular formula is C10H11ClN2O2. The van der Waals surface area contributed by atoms with E-state index in [1.54, 1.807) is 0 Å². The Kier molecular flexibility index (Phi) is 4.12. The lowest BCUT2D eigenvalue weighted by molar-refractivity contribution is -0.132. The van der Waals surface area contributed by atoms with Gasteiger partial charge in [-0.25, -0.2) is 4.79 Å². The van der Waals surface area contributed by atoms with E-state index in [-0.39, 0.29) is 5.17 Å². The summed E-state index contributed by atoms with van der Waals surface area (Å²) in [5.74, 6) is -0.669. The van der Waals surface area contributed by atoms with Crippen molar-refractivity contribution in [3.63, 3.8) is 0 Å². The maximum absolute atomic E-state index is 10.9. The van der Waals surface area contributed by atoms with E-state index in [4.69, 9.17) is 11.6 Å². The molecule has 0 aliphatic carbocycles. The summed E-state index contributed by atoms with van der Waals surface area (Å²) in [5, 5.41) is 3.45. The molecule has 5 heteroatoms. The summed E-state index contributed by atoms with van der Waals surface area (Å²) in [6.07, 6.45) is 0. The van der Waals surface area contributed by atoms with Gasteiger partial charge >= 0.3 is 5.97 Å². The molecule has 1 aromatic carbocycles. The van der Waals surface area contributed by atoms with Crippen LogP contribution in [0.3, 0.4) is 0 Å². The Hall–Kier alpha value is -1.55. The minimum Gasteiger partial charge on any atom is -0.464 e. The number of anilines is 1. The van der Waals surface area contributed by atoms with Gasteiger partial charge in [0.05, 0.1) is 12.8 Å². The smallest absolute Gasteiger partial charge is 0.370 e. The third-order valence-electron chi connectivity index (χ3n) is 1.77. The number of nitrogens with one attached hydrogen (secondary N) is 1. The number of rotatable bonds is 3. The number of benzene rings is 1. The first-order chi connectivity index (χ1) is 7.15. The highest BCUT2D eigenvalue weighted by atomic mass is 35.5. The van der Waals surface area contributed by atoms with Gasteiger partial charge in [0.25, 0.3) is 0 Å². The van der Waals surface area contributed by atoms with Crippen LogP contribution in [-0.4, -0.2) is 18.2 Å². The van der Waals surface area contributed by atoms with E-state index < -0.39 is 5.97 Å². The van der Waals surface area contributed by atoms with Crippen LogP contribution in [0.4, 0.5) is 5.69 Å². The first-order valence-corrected chi connectivity index (χ1v) is 4.66. The van der Waals surface area contributed by atoms with Crippen LogP contribution < -0.4 is 5.43 Å². The molecule has 0 heterocycles. The number of aryl methyl sites for hydroxylation is 1. The molecule has 0 spiro atoms. The number of hydrogen-bond donors (Lipinski definition) is 1. The van der Waals surface area contributed by atoms with Crippen molar-refractivity contribution in [3.05, 3.63) is 29.8 Å². The van der Waals surface area contributed by atoms with Gasteiger partial charge in [0.2, 0.25) is 5.17 Å². The molecule has 0 saturated heterocycles. The Morgan fingerprint density at radius 2 is 2.13 bits per heavy atom. The normalized spacial score (nSPS) is 11.0. The van der Waals surface area contributed by atoms with E-state index in [1.165, 1.54) is 7.11 Å². The Morgan fingerprint density at radius 3 is 2.73 bits per heavy atom. The molecule has 0 saturated carbocycles. The third-order valence-corrected chi connectivity index (χ3v) is 2.01. The van der Waals surface area contributed by atoms with E-state index in [0.717, 1.165) is 11.3 Å². The van der Waals surface area contributed by atoms with Gasteiger partial charge in [-0.15, -0.1) is 0 Å². The number of carbonyl (C=O) groups is 1. The Balaban J connectivity index is 2.72. The molecule has 0 bridgehead atoms. The molecule has 0 fully saturated rings. The number of esters is 1. The monoisotopic (exact) mass is 226 g/mol. The average molecular weight is 227 g/mol. The molecule has 0 aliphatic heterocycles.